The number of rotatable bonds is 6. The smallest absolute Gasteiger partial charge is 0.251 e. The molecular formula is C26H32N4O3. The molecule has 174 valence electrons. The highest BCUT2D eigenvalue weighted by Crippen LogP contribution is 2.30. The van der Waals surface area contributed by atoms with Crippen molar-refractivity contribution >= 4 is 22.6 Å². The largest absolute Gasteiger partial charge is 0.394 e. The molecule has 3 aromatic rings. The highest BCUT2D eigenvalue weighted by Gasteiger charge is 2.34. The first-order valence-electron chi connectivity index (χ1n) is 11.6. The zero-order chi connectivity index (χ0) is 23.5. The van der Waals surface area contributed by atoms with Gasteiger partial charge in [-0.3, -0.25) is 4.79 Å². The molecule has 7 heteroatoms. The normalized spacial score (nSPS) is 17.6. The number of nitrogens with zero attached hydrogens (tertiary/aromatic N) is 4. The van der Waals surface area contributed by atoms with Crippen LogP contribution in [0.5, 0.6) is 0 Å². The van der Waals surface area contributed by atoms with Crippen LogP contribution < -0.4 is 4.90 Å². The van der Waals surface area contributed by atoms with Crippen molar-refractivity contribution in [2.75, 3.05) is 31.1 Å². The first kappa shape index (κ1) is 23.1. The van der Waals surface area contributed by atoms with E-state index in [4.69, 9.17) is 9.97 Å². The lowest BCUT2D eigenvalue weighted by Gasteiger charge is -2.42. The summed E-state index contributed by atoms with van der Waals surface area (Å²) in [4.78, 5) is 26.3. The van der Waals surface area contributed by atoms with Crippen LogP contribution in [0.3, 0.4) is 0 Å². The van der Waals surface area contributed by atoms with Gasteiger partial charge in [-0.25, -0.2) is 9.97 Å². The average Bonchev–Trinajstić information content (AvgIpc) is 2.82. The number of carbonyl (C=O) groups excluding carboxylic acids is 1. The van der Waals surface area contributed by atoms with Crippen molar-refractivity contribution in [2.45, 2.75) is 39.3 Å². The fraction of sp³-hybridized carbons (Fsp3) is 0.423. The van der Waals surface area contributed by atoms with Gasteiger partial charge in [0, 0.05) is 30.6 Å². The maximum atomic E-state index is 12.9. The Morgan fingerprint density at radius 2 is 1.88 bits per heavy atom. The Bertz CT molecular complexity index is 1120. The molecule has 4 rings (SSSR count). The van der Waals surface area contributed by atoms with Crippen LogP contribution in [0.25, 0.3) is 22.3 Å². The fourth-order valence-electron chi connectivity index (χ4n) is 4.41. The van der Waals surface area contributed by atoms with Crippen molar-refractivity contribution in [3.8, 4) is 11.4 Å². The van der Waals surface area contributed by atoms with E-state index < -0.39 is 12.1 Å². The van der Waals surface area contributed by atoms with Gasteiger partial charge in [0.2, 0.25) is 0 Å². The average molecular weight is 449 g/mol. The quantitative estimate of drug-likeness (QED) is 0.603. The number of amides is 1. The van der Waals surface area contributed by atoms with Gasteiger partial charge in [-0.2, -0.15) is 0 Å². The predicted octanol–water partition coefficient (Wildman–Crippen LogP) is 3.02. The molecule has 0 radical (unpaired) electrons. The van der Waals surface area contributed by atoms with Gasteiger partial charge >= 0.3 is 0 Å². The van der Waals surface area contributed by atoms with Gasteiger partial charge in [0.25, 0.3) is 5.91 Å². The lowest BCUT2D eigenvalue weighted by molar-refractivity contribution is -0.144. The summed E-state index contributed by atoms with van der Waals surface area (Å²) < 4.78 is 0. The molecule has 7 nitrogen and oxygen atoms in total. The van der Waals surface area contributed by atoms with E-state index in [0.29, 0.717) is 31.9 Å². The number of aliphatic hydroxyl groups is 2. The molecule has 0 aliphatic carbocycles. The maximum absolute atomic E-state index is 12.9. The zero-order valence-corrected chi connectivity index (χ0v) is 19.5. The Labute approximate surface area is 194 Å². The first-order chi connectivity index (χ1) is 15.9. The predicted molar refractivity (Wildman–Crippen MR) is 130 cm³/mol. The molecule has 1 fully saturated rings. The molecule has 1 aromatic heterocycles. The van der Waals surface area contributed by atoms with Crippen molar-refractivity contribution in [2.24, 2.45) is 5.92 Å². The van der Waals surface area contributed by atoms with Gasteiger partial charge in [-0.1, -0.05) is 50.2 Å². The van der Waals surface area contributed by atoms with Crippen molar-refractivity contribution < 1.29 is 15.0 Å². The van der Waals surface area contributed by atoms with Crippen molar-refractivity contribution in [3.63, 3.8) is 0 Å². The monoisotopic (exact) mass is 448 g/mol. The Balaban J connectivity index is 1.67. The highest BCUT2D eigenvalue weighted by molar-refractivity contribution is 5.92. The lowest BCUT2D eigenvalue weighted by Crippen LogP contribution is -2.59. The lowest BCUT2D eigenvalue weighted by atomic mass is 10.0. The van der Waals surface area contributed by atoms with Gasteiger partial charge < -0.3 is 20.0 Å². The van der Waals surface area contributed by atoms with Crippen LogP contribution in [0.2, 0.25) is 0 Å². The number of aromatic nitrogens is 2. The second kappa shape index (κ2) is 9.85. The summed E-state index contributed by atoms with van der Waals surface area (Å²) in [7, 11) is 0. The Morgan fingerprint density at radius 3 is 2.58 bits per heavy atom. The molecule has 0 saturated carbocycles. The number of hydrogen-bond acceptors (Lipinski definition) is 6. The van der Waals surface area contributed by atoms with Crippen LogP contribution in [0.15, 0.2) is 48.5 Å². The highest BCUT2D eigenvalue weighted by atomic mass is 16.3. The van der Waals surface area contributed by atoms with E-state index >= 15 is 0 Å². The number of hydrogen-bond donors (Lipinski definition) is 2. The fourth-order valence-corrected chi connectivity index (χ4v) is 4.41. The van der Waals surface area contributed by atoms with Gasteiger partial charge in [0.05, 0.1) is 18.2 Å². The standard InChI is InChI=1S/C26H32N4O3/c1-17(2)13-23(32)26(33)30-12-11-29(15-20(30)16-31)25-21-10-9-18(3)14-22(21)27-24(28-25)19-7-5-4-6-8-19/h4-10,14,17,20,23,31-32H,11-13,15-16H2,1-3H3/t20-,23-/m1/s1. The van der Waals surface area contributed by atoms with Crippen molar-refractivity contribution in [1.82, 2.24) is 14.9 Å². The summed E-state index contributed by atoms with van der Waals surface area (Å²) in [5.41, 5.74) is 2.92. The Morgan fingerprint density at radius 1 is 1.12 bits per heavy atom. The van der Waals surface area contributed by atoms with Crippen LogP contribution >= 0.6 is 0 Å². The SMILES string of the molecule is Cc1ccc2c(N3CCN(C(=O)[C@H](O)CC(C)C)[C@@H](CO)C3)nc(-c3ccccc3)nc2c1. The molecule has 0 bridgehead atoms. The third-order valence-corrected chi connectivity index (χ3v) is 6.12. The summed E-state index contributed by atoms with van der Waals surface area (Å²) in [5.74, 6) is 1.35. The molecule has 0 spiro atoms. The Hall–Kier alpha value is -3.03. The molecule has 1 aliphatic heterocycles. The molecule has 1 aliphatic rings. The number of carbonyl (C=O) groups is 1. The van der Waals surface area contributed by atoms with Crippen molar-refractivity contribution in [3.05, 3.63) is 54.1 Å². The third kappa shape index (κ3) is 4.99. The second-order valence-electron chi connectivity index (χ2n) is 9.22. The molecule has 2 atom stereocenters. The van der Waals surface area contributed by atoms with E-state index in [9.17, 15) is 15.0 Å². The Kier molecular flexibility index (Phi) is 6.91. The van der Waals surface area contributed by atoms with Gasteiger partial charge in [0.15, 0.2) is 5.82 Å². The molecular weight excluding hydrogens is 416 g/mol. The van der Waals surface area contributed by atoms with E-state index in [-0.39, 0.29) is 18.4 Å². The minimum absolute atomic E-state index is 0.176. The molecule has 33 heavy (non-hydrogen) atoms. The van der Waals surface area contributed by atoms with Gasteiger partial charge in [-0.15, -0.1) is 0 Å². The number of fused-ring (bicyclic) bond motifs is 1. The van der Waals surface area contributed by atoms with Gasteiger partial charge in [-0.05, 0) is 37.0 Å². The maximum Gasteiger partial charge on any atom is 0.251 e. The van der Waals surface area contributed by atoms with Gasteiger partial charge in [0.1, 0.15) is 11.9 Å². The summed E-state index contributed by atoms with van der Waals surface area (Å²) >= 11 is 0. The zero-order valence-electron chi connectivity index (χ0n) is 19.5. The first-order valence-corrected chi connectivity index (χ1v) is 11.6. The molecule has 2 heterocycles. The van der Waals surface area contributed by atoms with Crippen LogP contribution in [-0.4, -0.2) is 69.4 Å². The van der Waals surface area contributed by atoms with Crippen LogP contribution in [0.1, 0.15) is 25.8 Å². The number of piperazine rings is 1. The molecule has 2 N–H and O–H groups in total. The summed E-state index contributed by atoms with van der Waals surface area (Å²) in [6.45, 7) is 7.23. The molecule has 1 saturated heterocycles. The minimum Gasteiger partial charge on any atom is -0.394 e. The number of benzene rings is 2. The van der Waals surface area contributed by atoms with E-state index in [2.05, 4.69) is 11.0 Å². The van der Waals surface area contributed by atoms with Crippen LogP contribution in [0.4, 0.5) is 5.82 Å². The third-order valence-electron chi connectivity index (χ3n) is 6.12. The molecule has 1 amide bonds. The van der Waals surface area contributed by atoms with Crippen LogP contribution in [0, 0.1) is 12.8 Å². The minimum atomic E-state index is -1.04. The van der Waals surface area contributed by atoms with Crippen LogP contribution in [-0.2, 0) is 4.79 Å². The number of aryl methyl sites for hydroxylation is 1. The summed E-state index contributed by atoms with van der Waals surface area (Å²) in [6.07, 6.45) is -0.633. The molecule has 0 unspecified atom stereocenters. The number of aliphatic hydroxyl groups excluding tert-OH is 2. The van der Waals surface area contributed by atoms with E-state index in [0.717, 1.165) is 27.8 Å². The van der Waals surface area contributed by atoms with Crippen molar-refractivity contribution in [1.29, 1.82) is 0 Å². The second-order valence-corrected chi connectivity index (χ2v) is 9.22. The topological polar surface area (TPSA) is 89.8 Å². The molecule has 2 aromatic carbocycles. The summed E-state index contributed by atoms with van der Waals surface area (Å²) in [5, 5.41) is 21.4. The summed E-state index contributed by atoms with van der Waals surface area (Å²) in [6, 6.07) is 15.6. The van der Waals surface area contributed by atoms with E-state index in [1.54, 1.807) is 4.90 Å². The van der Waals surface area contributed by atoms with E-state index in [1.165, 1.54) is 0 Å². The van der Waals surface area contributed by atoms with E-state index in [1.807, 2.05) is 63.2 Å². The number of anilines is 1.